The largest absolute Gasteiger partial charge is 0.396 e. The van der Waals surface area contributed by atoms with Gasteiger partial charge in [-0.2, -0.15) is 0 Å². The molecule has 0 amide bonds. The first-order valence-electron chi connectivity index (χ1n) is 6.10. The smallest absolute Gasteiger partial charge is 0.0431 e. The second kappa shape index (κ2) is 11.0. The van der Waals surface area contributed by atoms with Crippen LogP contribution in [0.3, 0.4) is 0 Å². The molecule has 0 aliphatic heterocycles. The number of hydrogen-bond donors (Lipinski definition) is 1. The Bertz CT molecular complexity index is 106. The topological polar surface area (TPSA) is 23.5 Å². The third kappa shape index (κ3) is 10.0. The van der Waals surface area contributed by atoms with E-state index in [1.54, 1.807) is 0 Å². The first kappa shape index (κ1) is 13.9. The minimum atomic E-state index is 0.354. The standard InChI is InChI=1S/C12H27NO/c1-3-4-7-10-13(2)11-8-5-6-9-12-14/h14H,3-12H2,1-2H3. The predicted octanol–water partition coefficient (Wildman–Crippen LogP) is 2.66. The summed E-state index contributed by atoms with van der Waals surface area (Å²) in [6.07, 6.45) is 8.70. The molecular formula is C12H27NO. The normalized spacial score (nSPS) is 11.1. The average Bonchev–Trinajstić information content (AvgIpc) is 2.18. The van der Waals surface area contributed by atoms with E-state index in [4.69, 9.17) is 5.11 Å². The molecule has 0 aliphatic carbocycles. The highest BCUT2D eigenvalue weighted by molar-refractivity contribution is 4.52. The third-order valence-electron chi connectivity index (χ3n) is 2.59. The molecule has 0 bridgehead atoms. The molecule has 0 aliphatic rings. The van der Waals surface area contributed by atoms with Gasteiger partial charge in [0, 0.05) is 6.61 Å². The Balaban J connectivity index is 3.06. The summed E-state index contributed by atoms with van der Waals surface area (Å²) >= 11 is 0. The summed E-state index contributed by atoms with van der Waals surface area (Å²) in [7, 11) is 2.21. The first-order chi connectivity index (χ1) is 6.81. The Kier molecular flexibility index (Phi) is 10.9. The maximum atomic E-state index is 8.61. The fourth-order valence-electron chi connectivity index (χ4n) is 1.59. The van der Waals surface area contributed by atoms with Gasteiger partial charge >= 0.3 is 0 Å². The summed E-state index contributed by atoms with van der Waals surface area (Å²) < 4.78 is 0. The van der Waals surface area contributed by atoms with Crippen molar-refractivity contribution in [3.63, 3.8) is 0 Å². The van der Waals surface area contributed by atoms with E-state index < -0.39 is 0 Å². The zero-order valence-corrected chi connectivity index (χ0v) is 9.97. The number of aliphatic hydroxyl groups excluding tert-OH is 1. The van der Waals surface area contributed by atoms with Crippen LogP contribution in [0, 0.1) is 0 Å². The van der Waals surface area contributed by atoms with Crippen molar-refractivity contribution < 1.29 is 5.11 Å². The lowest BCUT2D eigenvalue weighted by Gasteiger charge is -2.15. The SMILES string of the molecule is CCCCCN(C)CCCCCCO. The molecule has 0 heterocycles. The quantitative estimate of drug-likeness (QED) is 0.549. The summed E-state index contributed by atoms with van der Waals surface area (Å²) in [5.74, 6) is 0. The van der Waals surface area contributed by atoms with E-state index in [0.717, 1.165) is 6.42 Å². The molecule has 0 aromatic heterocycles. The van der Waals surface area contributed by atoms with E-state index >= 15 is 0 Å². The van der Waals surface area contributed by atoms with Crippen molar-refractivity contribution in [3.8, 4) is 0 Å². The van der Waals surface area contributed by atoms with Gasteiger partial charge in [0.1, 0.15) is 0 Å². The van der Waals surface area contributed by atoms with Crippen LogP contribution in [0.15, 0.2) is 0 Å². The number of hydrogen-bond acceptors (Lipinski definition) is 2. The Labute approximate surface area is 89.3 Å². The maximum Gasteiger partial charge on any atom is 0.0431 e. The fourth-order valence-corrected chi connectivity index (χ4v) is 1.59. The van der Waals surface area contributed by atoms with E-state index in [-0.39, 0.29) is 0 Å². The number of rotatable bonds is 10. The molecule has 0 aromatic carbocycles. The van der Waals surface area contributed by atoms with Gasteiger partial charge in [-0.25, -0.2) is 0 Å². The monoisotopic (exact) mass is 201 g/mol. The molecule has 0 fully saturated rings. The summed E-state index contributed by atoms with van der Waals surface area (Å²) in [5, 5.41) is 8.61. The summed E-state index contributed by atoms with van der Waals surface area (Å²) in [6.45, 7) is 5.06. The van der Waals surface area contributed by atoms with Crippen molar-refractivity contribution in [2.24, 2.45) is 0 Å². The van der Waals surface area contributed by atoms with Crippen LogP contribution in [0.2, 0.25) is 0 Å². The summed E-state index contributed by atoms with van der Waals surface area (Å²) in [4.78, 5) is 2.43. The average molecular weight is 201 g/mol. The van der Waals surface area contributed by atoms with Gasteiger partial charge in [0.25, 0.3) is 0 Å². The molecule has 0 spiro atoms. The van der Waals surface area contributed by atoms with Crippen molar-refractivity contribution in [1.29, 1.82) is 0 Å². The Morgan fingerprint density at radius 2 is 1.43 bits per heavy atom. The molecular weight excluding hydrogens is 174 g/mol. The van der Waals surface area contributed by atoms with E-state index in [0.29, 0.717) is 6.61 Å². The van der Waals surface area contributed by atoms with Crippen LogP contribution >= 0.6 is 0 Å². The Hall–Kier alpha value is -0.0800. The minimum absolute atomic E-state index is 0.354. The molecule has 1 N–H and O–H groups in total. The van der Waals surface area contributed by atoms with Crippen LogP contribution in [-0.4, -0.2) is 36.8 Å². The molecule has 86 valence electrons. The minimum Gasteiger partial charge on any atom is -0.396 e. The van der Waals surface area contributed by atoms with Gasteiger partial charge < -0.3 is 10.0 Å². The lowest BCUT2D eigenvalue weighted by atomic mass is 10.2. The Morgan fingerprint density at radius 3 is 2.00 bits per heavy atom. The van der Waals surface area contributed by atoms with Gasteiger partial charge in [-0.05, 0) is 39.4 Å². The van der Waals surface area contributed by atoms with Crippen molar-refractivity contribution in [2.45, 2.75) is 51.9 Å². The van der Waals surface area contributed by atoms with Gasteiger partial charge in [-0.1, -0.05) is 32.6 Å². The summed E-state index contributed by atoms with van der Waals surface area (Å²) in [5.41, 5.74) is 0. The molecule has 0 aromatic rings. The van der Waals surface area contributed by atoms with Crippen molar-refractivity contribution in [3.05, 3.63) is 0 Å². The van der Waals surface area contributed by atoms with Gasteiger partial charge in [-0.15, -0.1) is 0 Å². The van der Waals surface area contributed by atoms with E-state index in [2.05, 4.69) is 18.9 Å². The molecule has 14 heavy (non-hydrogen) atoms. The molecule has 0 saturated heterocycles. The van der Waals surface area contributed by atoms with E-state index in [9.17, 15) is 0 Å². The maximum absolute atomic E-state index is 8.61. The van der Waals surface area contributed by atoms with E-state index in [1.807, 2.05) is 0 Å². The molecule has 0 unspecified atom stereocenters. The predicted molar refractivity (Wildman–Crippen MR) is 62.6 cm³/mol. The first-order valence-corrected chi connectivity index (χ1v) is 6.10. The second-order valence-corrected chi connectivity index (χ2v) is 4.15. The zero-order valence-electron chi connectivity index (χ0n) is 9.97. The van der Waals surface area contributed by atoms with Crippen LogP contribution in [0.25, 0.3) is 0 Å². The van der Waals surface area contributed by atoms with Crippen LogP contribution in [-0.2, 0) is 0 Å². The van der Waals surface area contributed by atoms with Crippen LogP contribution in [0.5, 0.6) is 0 Å². The second-order valence-electron chi connectivity index (χ2n) is 4.15. The van der Waals surface area contributed by atoms with E-state index in [1.165, 1.54) is 51.6 Å². The highest BCUT2D eigenvalue weighted by atomic mass is 16.2. The lowest BCUT2D eigenvalue weighted by molar-refractivity contribution is 0.277. The number of nitrogens with zero attached hydrogens (tertiary/aromatic N) is 1. The zero-order chi connectivity index (χ0) is 10.6. The molecule has 0 saturated carbocycles. The van der Waals surface area contributed by atoms with Crippen LogP contribution in [0.4, 0.5) is 0 Å². The fraction of sp³-hybridized carbons (Fsp3) is 1.00. The Morgan fingerprint density at radius 1 is 0.857 bits per heavy atom. The molecule has 2 heteroatoms. The molecule has 0 radical (unpaired) electrons. The van der Waals surface area contributed by atoms with Gasteiger partial charge in [0.15, 0.2) is 0 Å². The van der Waals surface area contributed by atoms with Crippen molar-refractivity contribution >= 4 is 0 Å². The number of unbranched alkanes of at least 4 members (excludes halogenated alkanes) is 5. The van der Waals surface area contributed by atoms with Gasteiger partial charge in [0.2, 0.25) is 0 Å². The van der Waals surface area contributed by atoms with Crippen molar-refractivity contribution in [1.82, 2.24) is 4.90 Å². The summed E-state index contributed by atoms with van der Waals surface area (Å²) in [6, 6.07) is 0. The number of aliphatic hydroxyl groups is 1. The van der Waals surface area contributed by atoms with Gasteiger partial charge in [-0.3, -0.25) is 0 Å². The van der Waals surface area contributed by atoms with Gasteiger partial charge in [0.05, 0.1) is 0 Å². The van der Waals surface area contributed by atoms with Crippen LogP contribution in [0.1, 0.15) is 51.9 Å². The molecule has 0 atom stereocenters. The third-order valence-corrected chi connectivity index (χ3v) is 2.59. The molecule has 2 nitrogen and oxygen atoms in total. The lowest BCUT2D eigenvalue weighted by Crippen LogP contribution is -2.20. The van der Waals surface area contributed by atoms with Crippen LogP contribution < -0.4 is 0 Å². The highest BCUT2D eigenvalue weighted by Gasteiger charge is 1.97. The molecule has 0 rings (SSSR count). The highest BCUT2D eigenvalue weighted by Crippen LogP contribution is 2.02. The van der Waals surface area contributed by atoms with Crippen molar-refractivity contribution in [2.75, 3.05) is 26.7 Å².